The molecule has 46 heavy (non-hydrogen) atoms. The van der Waals surface area contributed by atoms with Crippen LogP contribution in [0.2, 0.25) is 0 Å². The summed E-state index contributed by atoms with van der Waals surface area (Å²) in [6.07, 6.45) is -4.60. The maximum atomic E-state index is 13.6. The lowest BCUT2D eigenvalue weighted by Gasteiger charge is -2.15. The third-order valence-corrected chi connectivity index (χ3v) is 7.35. The van der Waals surface area contributed by atoms with Gasteiger partial charge in [-0.1, -0.05) is 36.4 Å². The molecule has 1 aliphatic heterocycles. The summed E-state index contributed by atoms with van der Waals surface area (Å²) >= 11 is 0. The van der Waals surface area contributed by atoms with Crippen molar-refractivity contribution in [2.75, 3.05) is 12.1 Å². The number of fused-ring (bicyclic) bond motifs is 2. The van der Waals surface area contributed by atoms with E-state index in [0.717, 1.165) is 32.9 Å². The van der Waals surface area contributed by atoms with Gasteiger partial charge in [-0.05, 0) is 65.7 Å². The van der Waals surface area contributed by atoms with E-state index in [-0.39, 0.29) is 42.4 Å². The third kappa shape index (κ3) is 6.34. The number of ether oxygens (including phenoxy) is 2. The van der Waals surface area contributed by atoms with E-state index in [2.05, 4.69) is 10.6 Å². The van der Waals surface area contributed by atoms with Gasteiger partial charge in [-0.2, -0.15) is 13.2 Å². The molecule has 2 amide bonds. The van der Waals surface area contributed by atoms with Gasteiger partial charge in [0.1, 0.15) is 6.54 Å². The minimum Gasteiger partial charge on any atom is -0.454 e. The van der Waals surface area contributed by atoms with Crippen LogP contribution in [0, 0.1) is 0 Å². The van der Waals surface area contributed by atoms with Crippen LogP contribution in [-0.2, 0) is 30.6 Å². The van der Waals surface area contributed by atoms with E-state index < -0.39 is 35.4 Å². The van der Waals surface area contributed by atoms with Crippen LogP contribution >= 0.6 is 0 Å². The predicted octanol–water partition coefficient (Wildman–Crippen LogP) is 4.53. The molecule has 0 spiro atoms. The Labute approximate surface area is 258 Å². The fourth-order valence-electron chi connectivity index (χ4n) is 5.06. The summed E-state index contributed by atoms with van der Waals surface area (Å²) in [6, 6.07) is 22.1. The lowest BCUT2D eigenvalue weighted by Crippen LogP contribution is -2.42. The number of amides is 2. The average Bonchev–Trinajstić information content (AvgIpc) is 3.52. The van der Waals surface area contributed by atoms with E-state index in [0.29, 0.717) is 22.6 Å². The van der Waals surface area contributed by atoms with E-state index in [9.17, 15) is 32.3 Å². The van der Waals surface area contributed by atoms with Crippen LogP contribution in [-0.4, -0.2) is 27.7 Å². The number of nitrogens with one attached hydrogen (secondary N) is 2. The highest BCUT2D eigenvalue weighted by Gasteiger charge is 2.30. The van der Waals surface area contributed by atoms with Gasteiger partial charge in [0, 0.05) is 17.8 Å². The summed E-state index contributed by atoms with van der Waals surface area (Å²) < 4.78 is 52.1. The van der Waals surface area contributed by atoms with Gasteiger partial charge in [0.05, 0.1) is 23.0 Å². The molecule has 234 valence electrons. The van der Waals surface area contributed by atoms with Crippen molar-refractivity contribution in [2.24, 2.45) is 0 Å². The zero-order chi connectivity index (χ0) is 32.4. The molecule has 1 aromatic heterocycles. The van der Waals surface area contributed by atoms with E-state index in [1.807, 2.05) is 6.07 Å². The van der Waals surface area contributed by atoms with Crippen molar-refractivity contribution in [2.45, 2.75) is 25.8 Å². The summed E-state index contributed by atoms with van der Waals surface area (Å²) in [4.78, 5) is 52.6. The number of para-hydroxylation sites is 1. The number of nitrogens with zero attached hydrogens (tertiary/aromatic N) is 2. The molecule has 0 radical (unpaired) electrons. The number of carbonyl (C=O) groups is 2. The van der Waals surface area contributed by atoms with Gasteiger partial charge < -0.3 is 20.1 Å². The fraction of sp³-hybridized carbons (Fsp3) is 0.152. The van der Waals surface area contributed by atoms with Crippen LogP contribution in [0.4, 0.5) is 18.9 Å². The highest BCUT2D eigenvalue weighted by Crippen LogP contribution is 2.32. The Morgan fingerprint density at radius 1 is 0.804 bits per heavy atom. The van der Waals surface area contributed by atoms with Crippen molar-refractivity contribution in [3.05, 3.63) is 134 Å². The average molecular weight is 631 g/mol. The van der Waals surface area contributed by atoms with Crippen molar-refractivity contribution in [3.63, 3.8) is 0 Å². The van der Waals surface area contributed by atoms with Crippen molar-refractivity contribution in [1.82, 2.24) is 14.5 Å². The first-order valence-corrected chi connectivity index (χ1v) is 14.0. The van der Waals surface area contributed by atoms with Gasteiger partial charge in [-0.15, -0.1) is 0 Å². The van der Waals surface area contributed by atoms with Crippen LogP contribution in [0.1, 0.15) is 27.0 Å². The highest BCUT2D eigenvalue weighted by atomic mass is 19.4. The summed E-state index contributed by atoms with van der Waals surface area (Å²) in [5.41, 5.74) is -0.470. The molecule has 0 bridgehead atoms. The second kappa shape index (κ2) is 12.3. The molecule has 0 saturated heterocycles. The molecule has 0 saturated carbocycles. The number of hydrogen-bond donors (Lipinski definition) is 2. The molecular formula is C33H25F3N4O6. The predicted molar refractivity (Wildman–Crippen MR) is 162 cm³/mol. The third-order valence-electron chi connectivity index (χ3n) is 7.35. The largest absolute Gasteiger partial charge is 0.454 e. The molecule has 4 aromatic carbocycles. The highest BCUT2D eigenvalue weighted by molar-refractivity contribution is 5.94. The van der Waals surface area contributed by atoms with E-state index in [1.54, 1.807) is 48.5 Å². The minimum atomic E-state index is -4.60. The second-order valence-corrected chi connectivity index (χ2v) is 10.5. The molecular weight excluding hydrogens is 605 g/mol. The number of carbonyl (C=O) groups excluding carboxylic acids is 2. The molecule has 6 rings (SSSR count). The monoisotopic (exact) mass is 630 g/mol. The van der Waals surface area contributed by atoms with Crippen molar-refractivity contribution in [3.8, 4) is 11.5 Å². The van der Waals surface area contributed by atoms with E-state index in [1.165, 1.54) is 18.2 Å². The lowest BCUT2D eigenvalue weighted by atomic mass is 10.1. The van der Waals surface area contributed by atoms with Crippen LogP contribution in [0.15, 0.2) is 101 Å². The number of aromatic nitrogens is 2. The Balaban J connectivity index is 1.19. The van der Waals surface area contributed by atoms with Crippen molar-refractivity contribution >= 4 is 28.4 Å². The Bertz CT molecular complexity index is 2090. The molecule has 0 fully saturated rings. The minimum absolute atomic E-state index is 0.0921. The molecule has 1 aliphatic rings. The first kappa shape index (κ1) is 30.2. The van der Waals surface area contributed by atoms with Crippen molar-refractivity contribution in [1.29, 1.82) is 0 Å². The number of rotatable bonds is 8. The van der Waals surface area contributed by atoms with Crippen LogP contribution in [0.25, 0.3) is 10.9 Å². The molecule has 0 unspecified atom stereocenters. The number of hydrogen-bond acceptors (Lipinski definition) is 6. The molecule has 0 aliphatic carbocycles. The topological polar surface area (TPSA) is 121 Å². The van der Waals surface area contributed by atoms with E-state index >= 15 is 0 Å². The Hall–Kier alpha value is -5.85. The summed E-state index contributed by atoms with van der Waals surface area (Å²) in [7, 11) is 0. The molecule has 5 aromatic rings. The summed E-state index contributed by atoms with van der Waals surface area (Å²) in [5.74, 6) is 0.158. The van der Waals surface area contributed by atoms with Crippen LogP contribution in [0.5, 0.6) is 11.5 Å². The number of benzene rings is 4. The number of alkyl halides is 3. The Morgan fingerprint density at radius 2 is 1.54 bits per heavy atom. The second-order valence-electron chi connectivity index (χ2n) is 10.5. The molecule has 0 atom stereocenters. The number of anilines is 1. The first-order valence-electron chi connectivity index (χ1n) is 14.0. The Kier molecular flexibility index (Phi) is 8.05. The zero-order valence-corrected chi connectivity index (χ0v) is 24.0. The van der Waals surface area contributed by atoms with Crippen LogP contribution < -0.4 is 31.4 Å². The fourth-order valence-corrected chi connectivity index (χ4v) is 5.06. The van der Waals surface area contributed by atoms with Crippen LogP contribution in [0.3, 0.4) is 0 Å². The molecule has 2 heterocycles. The maximum Gasteiger partial charge on any atom is 0.416 e. The standard InChI is InChI=1S/C33H25F3N4O6/c34-33(35,36)23-4-3-5-24(15-23)38-29(41)18-39-26-7-2-1-6-25(26)31(43)40(32(39)44)17-20-8-11-22(12-9-20)30(42)37-16-21-10-13-27-28(14-21)46-19-45-27/h1-15H,16-19H2,(H,37,42)(H,38,41). The lowest BCUT2D eigenvalue weighted by molar-refractivity contribution is -0.137. The van der Waals surface area contributed by atoms with Gasteiger partial charge in [-0.3, -0.25) is 23.5 Å². The van der Waals surface area contributed by atoms with Gasteiger partial charge in [0.25, 0.3) is 11.5 Å². The van der Waals surface area contributed by atoms with E-state index in [4.69, 9.17) is 9.47 Å². The van der Waals surface area contributed by atoms with Gasteiger partial charge in [-0.25, -0.2) is 4.79 Å². The quantitative estimate of drug-likeness (QED) is 0.260. The van der Waals surface area contributed by atoms with Gasteiger partial charge in [0.2, 0.25) is 12.7 Å². The molecule has 10 nitrogen and oxygen atoms in total. The number of halogens is 3. The maximum absolute atomic E-state index is 13.6. The van der Waals surface area contributed by atoms with Crippen molar-refractivity contribution < 1.29 is 32.2 Å². The normalized spacial score (nSPS) is 12.2. The Morgan fingerprint density at radius 3 is 2.33 bits per heavy atom. The summed E-state index contributed by atoms with van der Waals surface area (Å²) in [6.45, 7) is -0.310. The molecule has 2 N–H and O–H groups in total. The molecule has 13 heteroatoms. The van der Waals surface area contributed by atoms with Gasteiger partial charge >= 0.3 is 11.9 Å². The first-order chi connectivity index (χ1) is 22.1. The SMILES string of the molecule is O=C(Cn1c(=O)n(Cc2ccc(C(=O)NCc3ccc4c(c3)OCO4)cc2)c(=O)c2ccccc21)Nc1cccc(C(F)(F)F)c1. The smallest absolute Gasteiger partial charge is 0.416 e. The summed E-state index contributed by atoms with van der Waals surface area (Å²) in [5, 5.41) is 5.40. The zero-order valence-electron chi connectivity index (χ0n) is 24.0. The van der Waals surface area contributed by atoms with Gasteiger partial charge in [0.15, 0.2) is 11.5 Å².